The highest BCUT2D eigenvalue weighted by atomic mass is 16.5. The van der Waals surface area contributed by atoms with Gasteiger partial charge in [0.25, 0.3) is 0 Å². The fourth-order valence-corrected chi connectivity index (χ4v) is 4.25. The average molecular weight is 386 g/mol. The second-order valence-corrected chi connectivity index (χ2v) is 7.43. The van der Waals surface area contributed by atoms with E-state index in [-0.39, 0.29) is 12.1 Å². The van der Waals surface area contributed by atoms with E-state index >= 15 is 0 Å². The topological polar surface area (TPSA) is 60.2 Å². The van der Waals surface area contributed by atoms with Crippen molar-refractivity contribution < 1.29 is 9.53 Å². The molecular formula is C23H22N4O2. The molecule has 0 unspecified atom stereocenters. The Morgan fingerprint density at radius 3 is 2.62 bits per heavy atom. The fourth-order valence-electron chi connectivity index (χ4n) is 4.25. The first kappa shape index (κ1) is 17.7. The number of nitrogens with zero attached hydrogens (tertiary/aromatic N) is 4. The first-order valence-electron chi connectivity index (χ1n) is 9.88. The zero-order valence-electron chi connectivity index (χ0n) is 16.3. The van der Waals surface area contributed by atoms with Crippen molar-refractivity contribution in [3.63, 3.8) is 0 Å². The van der Waals surface area contributed by atoms with Crippen molar-refractivity contribution in [2.75, 3.05) is 20.2 Å². The van der Waals surface area contributed by atoms with Crippen LogP contribution in [0, 0.1) is 0 Å². The van der Waals surface area contributed by atoms with Crippen molar-refractivity contribution in [2.24, 2.45) is 0 Å². The highest BCUT2D eigenvalue weighted by molar-refractivity contribution is 5.94. The molecule has 29 heavy (non-hydrogen) atoms. The highest BCUT2D eigenvalue weighted by Gasteiger charge is 2.25. The molecule has 2 aromatic carbocycles. The number of amides is 1. The third kappa shape index (κ3) is 3.10. The van der Waals surface area contributed by atoms with Crippen LogP contribution in [0.25, 0.3) is 33.1 Å². The van der Waals surface area contributed by atoms with Gasteiger partial charge in [-0.3, -0.25) is 0 Å². The van der Waals surface area contributed by atoms with E-state index in [2.05, 4.69) is 52.0 Å². The Kier molecular flexibility index (Phi) is 4.39. The molecule has 1 saturated heterocycles. The molecule has 0 bridgehead atoms. The van der Waals surface area contributed by atoms with E-state index < -0.39 is 0 Å². The van der Waals surface area contributed by atoms with Gasteiger partial charge in [-0.1, -0.05) is 36.4 Å². The fraction of sp³-hybridized carbons (Fsp3) is 0.261. The molecule has 6 nitrogen and oxygen atoms in total. The minimum Gasteiger partial charge on any atom is -0.453 e. The third-order valence-electron chi connectivity index (χ3n) is 5.81. The summed E-state index contributed by atoms with van der Waals surface area (Å²) >= 11 is 0. The summed E-state index contributed by atoms with van der Waals surface area (Å²) in [4.78, 5) is 22.8. The molecule has 0 saturated carbocycles. The van der Waals surface area contributed by atoms with Crippen molar-refractivity contribution in [3.8, 4) is 11.1 Å². The van der Waals surface area contributed by atoms with Gasteiger partial charge in [-0.25, -0.2) is 14.8 Å². The molecule has 2 aromatic heterocycles. The lowest BCUT2D eigenvalue weighted by atomic mass is 10.0. The number of pyridine rings is 1. The molecule has 1 aliphatic rings. The van der Waals surface area contributed by atoms with E-state index in [1.165, 1.54) is 17.9 Å². The minimum absolute atomic E-state index is 0.254. The van der Waals surface area contributed by atoms with Crippen molar-refractivity contribution in [1.29, 1.82) is 0 Å². The van der Waals surface area contributed by atoms with Crippen LogP contribution in [0.5, 0.6) is 0 Å². The van der Waals surface area contributed by atoms with E-state index in [4.69, 9.17) is 9.72 Å². The molecule has 1 aliphatic heterocycles. The predicted molar refractivity (Wildman–Crippen MR) is 113 cm³/mol. The van der Waals surface area contributed by atoms with Crippen LogP contribution in [0.4, 0.5) is 4.79 Å². The van der Waals surface area contributed by atoms with Gasteiger partial charge in [0.05, 0.1) is 13.4 Å². The van der Waals surface area contributed by atoms with Gasteiger partial charge in [0, 0.05) is 30.9 Å². The molecule has 6 heteroatoms. The number of hydrogen-bond acceptors (Lipinski definition) is 4. The highest BCUT2D eigenvalue weighted by Crippen LogP contribution is 2.32. The van der Waals surface area contributed by atoms with Gasteiger partial charge in [-0.05, 0) is 41.3 Å². The van der Waals surface area contributed by atoms with Gasteiger partial charge >= 0.3 is 6.09 Å². The number of likely N-dealkylation sites (tertiary alicyclic amines) is 1. The zero-order valence-corrected chi connectivity index (χ0v) is 16.3. The standard InChI is InChI=1S/C23H22N4O2/c1-29-23(28)26-12-9-19(10-13-26)27-15-25-21-20(8-11-24-22(21)27)18-7-6-16-4-2-3-5-17(16)14-18/h2-8,11,14-15,19H,9-10,12-13H2,1H3. The van der Waals surface area contributed by atoms with Crippen LogP contribution in [0.1, 0.15) is 18.9 Å². The minimum atomic E-state index is -0.254. The van der Waals surface area contributed by atoms with Crippen LogP contribution in [0.2, 0.25) is 0 Å². The monoisotopic (exact) mass is 386 g/mol. The van der Waals surface area contributed by atoms with Gasteiger partial charge < -0.3 is 14.2 Å². The van der Waals surface area contributed by atoms with Gasteiger partial charge in [-0.2, -0.15) is 0 Å². The zero-order chi connectivity index (χ0) is 19.8. The molecule has 0 spiro atoms. The number of carbonyl (C=O) groups is 1. The number of benzene rings is 2. The summed E-state index contributed by atoms with van der Waals surface area (Å²) in [5, 5.41) is 2.44. The van der Waals surface area contributed by atoms with Gasteiger partial charge in [-0.15, -0.1) is 0 Å². The number of ether oxygens (including phenoxy) is 1. The largest absolute Gasteiger partial charge is 0.453 e. The Hall–Kier alpha value is -3.41. The number of hydrogen-bond donors (Lipinski definition) is 0. The van der Waals surface area contributed by atoms with Gasteiger partial charge in [0.1, 0.15) is 5.52 Å². The lowest BCUT2D eigenvalue weighted by Crippen LogP contribution is -2.38. The number of rotatable bonds is 2. The number of aromatic nitrogens is 3. The van der Waals surface area contributed by atoms with Crippen molar-refractivity contribution in [1.82, 2.24) is 19.4 Å². The molecule has 146 valence electrons. The number of imidazole rings is 1. The summed E-state index contributed by atoms with van der Waals surface area (Å²) in [6.45, 7) is 1.36. The maximum atomic E-state index is 11.7. The van der Waals surface area contributed by atoms with E-state index in [0.29, 0.717) is 13.1 Å². The van der Waals surface area contributed by atoms with Gasteiger partial charge in [0.15, 0.2) is 5.65 Å². The lowest BCUT2D eigenvalue weighted by molar-refractivity contribution is 0.107. The predicted octanol–water partition coefficient (Wildman–Crippen LogP) is 4.65. The molecule has 5 rings (SSSR count). The van der Waals surface area contributed by atoms with Gasteiger partial charge in [0.2, 0.25) is 0 Å². The van der Waals surface area contributed by atoms with Crippen LogP contribution in [0.3, 0.4) is 0 Å². The third-order valence-corrected chi connectivity index (χ3v) is 5.81. The van der Waals surface area contributed by atoms with Crippen LogP contribution in [-0.2, 0) is 4.74 Å². The molecule has 1 amide bonds. The van der Waals surface area contributed by atoms with E-state index in [9.17, 15) is 4.79 Å². The second kappa shape index (κ2) is 7.20. The summed E-state index contributed by atoms with van der Waals surface area (Å²) < 4.78 is 7.00. The maximum Gasteiger partial charge on any atom is 0.409 e. The average Bonchev–Trinajstić information content (AvgIpc) is 3.22. The van der Waals surface area contributed by atoms with E-state index in [1.807, 2.05) is 18.6 Å². The summed E-state index contributed by atoms with van der Waals surface area (Å²) in [5.74, 6) is 0. The van der Waals surface area contributed by atoms with Crippen molar-refractivity contribution >= 4 is 28.0 Å². The molecule has 4 aromatic rings. The summed E-state index contributed by atoms with van der Waals surface area (Å²) in [6.07, 6.45) is 5.22. The quantitative estimate of drug-likeness (QED) is 0.503. The lowest BCUT2D eigenvalue weighted by Gasteiger charge is -2.31. The Bertz CT molecular complexity index is 1190. The summed E-state index contributed by atoms with van der Waals surface area (Å²) in [6, 6.07) is 17.2. The number of fused-ring (bicyclic) bond motifs is 2. The molecule has 3 heterocycles. The number of carbonyl (C=O) groups excluding carboxylic acids is 1. The summed E-state index contributed by atoms with van der Waals surface area (Å²) in [7, 11) is 1.43. The van der Waals surface area contributed by atoms with Crippen LogP contribution in [0.15, 0.2) is 61.1 Å². The Labute approximate surface area is 168 Å². The molecule has 0 atom stereocenters. The Morgan fingerprint density at radius 1 is 1.03 bits per heavy atom. The smallest absolute Gasteiger partial charge is 0.409 e. The maximum absolute atomic E-state index is 11.7. The Morgan fingerprint density at radius 2 is 1.83 bits per heavy atom. The SMILES string of the molecule is COC(=O)N1CCC(n2cnc3c(-c4ccc5ccccc5c4)ccnc32)CC1. The summed E-state index contributed by atoms with van der Waals surface area (Å²) in [5.41, 5.74) is 4.04. The number of piperidine rings is 1. The van der Waals surface area contributed by atoms with Crippen LogP contribution in [-0.4, -0.2) is 45.7 Å². The normalized spacial score (nSPS) is 15.1. The molecular weight excluding hydrogens is 364 g/mol. The molecule has 1 fully saturated rings. The second-order valence-electron chi connectivity index (χ2n) is 7.43. The van der Waals surface area contributed by atoms with Crippen molar-refractivity contribution in [3.05, 3.63) is 61.1 Å². The van der Waals surface area contributed by atoms with Crippen molar-refractivity contribution in [2.45, 2.75) is 18.9 Å². The molecule has 0 aliphatic carbocycles. The van der Waals surface area contributed by atoms with Crippen LogP contribution < -0.4 is 0 Å². The first-order valence-corrected chi connectivity index (χ1v) is 9.88. The molecule has 0 N–H and O–H groups in total. The molecule has 0 radical (unpaired) electrons. The van der Waals surface area contributed by atoms with E-state index in [0.717, 1.165) is 35.1 Å². The first-order chi connectivity index (χ1) is 14.2. The Balaban J connectivity index is 1.49. The van der Waals surface area contributed by atoms with E-state index in [1.54, 1.807) is 4.90 Å². The van der Waals surface area contributed by atoms with Crippen LogP contribution >= 0.6 is 0 Å². The number of methoxy groups -OCH3 is 1.